The van der Waals surface area contributed by atoms with Gasteiger partial charge in [-0.3, -0.25) is 4.79 Å². The molecule has 0 saturated carbocycles. The van der Waals surface area contributed by atoms with E-state index in [2.05, 4.69) is 35.2 Å². The van der Waals surface area contributed by atoms with Crippen molar-refractivity contribution in [2.45, 2.75) is 25.7 Å². The fourth-order valence-electron chi connectivity index (χ4n) is 4.38. The first-order valence-electron chi connectivity index (χ1n) is 11.6. The molecule has 1 fully saturated rings. The molecule has 170 valence electrons. The van der Waals surface area contributed by atoms with Gasteiger partial charge in [-0.1, -0.05) is 48.5 Å². The summed E-state index contributed by atoms with van der Waals surface area (Å²) in [5, 5.41) is 9.05. The lowest BCUT2D eigenvalue weighted by Crippen LogP contribution is -2.41. The molecule has 0 atom stereocenters. The molecule has 0 bridgehead atoms. The van der Waals surface area contributed by atoms with Gasteiger partial charge in [0, 0.05) is 18.7 Å². The van der Waals surface area contributed by atoms with Gasteiger partial charge in [-0.25, -0.2) is 4.85 Å². The van der Waals surface area contributed by atoms with Crippen molar-refractivity contribution >= 4 is 11.6 Å². The van der Waals surface area contributed by atoms with Gasteiger partial charge in [0.25, 0.3) is 5.91 Å². The SMILES string of the molecule is [C-]#[N+]c1ccc(OCC(=O)N2CCC(CCc3ccccc3)CC2)c(-c2ccc(C#N)cc2)c1. The summed E-state index contributed by atoms with van der Waals surface area (Å²) in [7, 11) is 0. The normalized spacial score (nSPS) is 13.6. The second-order valence-corrected chi connectivity index (χ2v) is 8.62. The van der Waals surface area contributed by atoms with Crippen LogP contribution in [-0.2, 0) is 11.2 Å². The number of carbonyl (C=O) groups is 1. The highest BCUT2D eigenvalue weighted by Gasteiger charge is 2.23. The van der Waals surface area contributed by atoms with E-state index in [9.17, 15) is 4.79 Å². The van der Waals surface area contributed by atoms with E-state index >= 15 is 0 Å². The van der Waals surface area contributed by atoms with Crippen molar-refractivity contribution in [3.8, 4) is 22.9 Å². The summed E-state index contributed by atoms with van der Waals surface area (Å²) in [6, 6.07) is 25.0. The fourth-order valence-corrected chi connectivity index (χ4v) is 4.38. The Balaban J connectivity index is 1.33. The van der Waals surface area contributed by atoms with Gasteiger partial charge in [-0.2, -0.15) is 5.26 Å². The van der Waals surface area contributed by atoms with Gasteiger partial charge in [0.15, 0.2) is 12.3 Å². The number of hydrogen-bond donors (Lipinski definition) is 0. The van der Waals surface area contributed by atoms with Crippen molar-refractivity contribution in [2.24, 2.45) is 5.92 Å². The predicted octanol–water partition coefficient (Wildman–Crippen LogP) is 6.03. The molecule has 1 aliphatic heterocycles. The number of benzene rings is 3. The monoisotopic (exact) mass is 449 g/mol. The Bertz CT molecular complexity index is 1200. The van der Waals surface area contributed by atoms with Crippen molar-refractivity contribution in [3.05, 3.63) is 95.3 Å². The largest absolute Gasteiger partial charge is 0.483 e. The Kier molecular flexibility index (Phi) is 7.58. The van der Waals surface area contributed by atoms with E-state index < -0.39 is 0 Å². The van der Waals surface area contributed by atoms with Gasteiger partial charge in [0.05, 0.1) is 18.2 Å². The molecular formula is C29H27N3O2. The Hall–Kier alpha value is -4.09. The van der Waals surface area contributed by atoms with Crippen molar-refractivity contribution in [1.82, 2.24) is 4.90 Å². The minimum absolute atomic E-state index is 0.0125. The summed E-state index contributed by atoms with van der Waals surface area (Å²) < 4.78 is 5.94. The molecular weight excluding hydrogens is 422 g/mol. The summed E-state index contributed by atoms with van der Waals surface area (Å²) in [4.78, 5) is 18.2. The third-order valence-electron chi connectivity index (χ3n) is 6.42. The van der Waals surface area contributed by atoms with Crippen LogP contribution in [0.3, 0.4) is 0 Å². The Morgan fingerprint density at radius 1 is 1.06 bits per heavy atom. The molecule has 1 saturated heterocycles. The first-order valence-corrected chi connectivity index (χ1v) is 11.6. The number of nitrogens with zero attached hydrogens (tertiary/aromatic N) is 3. The third-order valence-corrected chi connectivity index (χ3v) is 6.42. The van der Waals surface area contributed by atoms with Gasteiger partial charge in [0.1, 0.15) is 5.75 Å². The number of likely N-dealkylation sites (tertiary alicyclic amines) is 1. The zero-order valence-corrected chi connectivity index (χ0v) is 19.1. The van der Waals surface area contributed by atoms with E-state index in [-0.39, 0.29) is 12.5 Å². The molecule has 0 unspecified atom stereocenters. The average Bonchev–Trinajstić information content (AvgIpc) is 2.91. The fraction of sp³-hybridized carbons (Fsp3) is 0.276. The molecule has 0 aliphatic carbocycles. The highest BCUT2D eigenvalue weighted by Crippen LogP contribution is 2.34. The maximum absolute atomic E-state index is 12.8. The van der Waals surface area contributed by atoms with Crippen LogP contribution in [0.5, 0.6) is 5.75 Å². The van der Waals surface area contributed by atoms with Gasteiger partial charge >= 0.3 is 0 Å². The lowest BCUT2D eigenvalue weighted by atomic mass is 9.90. The van der Waals surface area contributed by atoms with Crippen LogP contribution in [0.2, 0.25) is 0 Å². The lowest BCUT2D eigenvalue weighted by Gasteiger charge is -2.32. The van der Waals surface area contributed by atoms with Crippen LogP contribution in [0, 0.1) is 23.8 Å². The zero-order chi connectivity index (χ0) is 23.8. The van der Waals surface area contributed by atoms with E-state index in [0.717, 1.165) is 49.9 Å². The van der Waals surface area contributed by atoms with E-state index in [1.165, 1.54) is 5.56 Å². The van der Waals surface area contributed by atoms with Crippen molar-refractivity contribution in [2.75, 3.05) is 19.7 Å². The van der Waals surface area contributed by atoms with E-state index in [0.29, 0.717) is 22.9 Å². The van der Waals surface area contributed by atoms with Crippen LogP contribution in [0.15, 0.2) is 72.8 Å². The van der Waals surface area contributed by atoms with Gasteiger partial charge in [0.2, 0.25) is 0 Å². The smallest absolute Gasteiger partial charge is 0.260 e. The summed E-state index contributed by atoms with van der Waals surface area (Å²) >= 11 is 0. The topological polar surface area (TPSA) is 57.7 Å². The van der Waals surface area contributed by atoms with Crippen LogP contribution >= 0.6 is 0 Å². The molecule has 0 spiro atoms. The number of ether oxygens (including phenoxy) is 1. The summed E-state index contributed by atoms with van der Waals surface area (Å²) in [5.41, 5.74) is 4.01. The molecule has 0 radical (unpaired) electrons. The van der Waals surface area contributed by atoms with Crippen molar-refractivity contribution in [3.63, 3.8) is 0 Å². The number of carbonyl (C=O) groups excluding carboxylic acids is 1. The Morgan fingerprint density at radius 3 is 2.47 bits per heavy atom. The van der Waals surface area contributed by atoms with Crippen LogP contribution in [0.1, 0.15) is 30.4 Å². The molecule has 1 amide bonds. The van der Waals surface area contributed by atoms with Crippen LogP contribution in [0.4, 0.5) is 5.69 Å². The van der Waals surface area contributed by atoms with Crippen molar-refractivity contribution in [1.29, 1.82) is 5.26 Å². The summed E-state index contributed by atoms with van der Waals surface area (Å²) in [5.74, 6) is 1.19. The molecule has 5 nitrogen and oxygen atoms in total. The number of aryl methyl sites for hydroxylation is 1. The number of nitriles is 1. The quantitative estimate of drug-likeness (QED) is 0.414. The summed E-state index contributed by atoms with van der Waals surface area (Å²) in [6.45, 7) is 8.81. The van der Waals surface area contributed by atoms with E-state index in [1.807, 2.05) is 23.1 Å². The molecule has 1 heterocycles. The first-order chi connectivity index (χ1) is 16.7. The summed E-state index contributed by atoms with van der Waals surface area (Å²) in [6.07, 6.45) is 4.29. The van der Waals surface area contributed by atoms with Crippen LogP contribution in [-0.4, -0.2) is 30.5 Å². The number of hydrogen-bond acceptors (Lipinski definition) is 3. The van der Waals surface area contributed by atoms with Crippen LogP contribution < -0.4 is 4.74 Å². The molecule has 1 aliphatic rings. The number of piperidine rings is 1. The molecule has 34 heavy (non-hydrogen) atoms. The molecule has 3 aromatic rings. The highest BCUT2D eigenvalue weighted by molar-refractivity contribution is 5.79. The standard InChI is InChI=1S/C29H27N3O2/c1-31-26-13-14-28(27(19-26)25-11-9-24(20-30)10-12-25)34-21-29(33)32-17-15-23(16-18-32)8-7-22-5-3-2-4-6-22/h2-6,9-14,19,23H,7-8,15-18,21H2. The Morgan fingerprint density at radius 2 is 1.79 bits per heavy atom. The van der Waals surface area contributed by atoms with E-state index in [4.69, 9.17) is 16.6 Å². The molecule has 4 rings (SSSR count). The van der Waals surface area contributed by atoms with Gasteiger partial charge < -0.3 is 9.64 Å². The Labute approximate surface area is 201 Å². The maximum Gasteiger partial charge on any atom is 0.260 e. The maximum atomic E-state index is 12.8. The minimum Gasteiger partial charge on any atom is -0.483 e. The van der Waals surface area contributed by atoms with Gasteiger partial charge in [-0.15, -0.1) is 0 Å². The van der Waals surface area contributed by atoms with E-state index in [1.54, 1.807) is 30.3 Å². The predicted molar refractivity (Wildman–Crippen MR) is 132 cm³/mol. The third kappa shape index (κ3) is 5.82. The molecule has 3 aromatic carbocycles. The van der Waals surface area contributed by atoms with Crippen LogP contribution in [0.25, 0.3) is 16.0 Å². The van der Waals surface area contributed by atoms with Gasteiger partial charge in [-0.05, 0) is 67.0 Å². The first kappa shape index (κ1) is 23.1. The average molecular weight is 450 g/mol. The second kappa shape index (κ2) is 11.2. The zero-order valence-electron chi connectivity index (χ0n) is 19.1. The van der Waals surface area contributed by atoms with Crippen molar-refractivity contribution < 1.29 is 9.53 Å². The lowest BCUT2D eigenvalue weighted by molar-refractivity contribution is -0.134. The minimum atomic E-state index is -0.0324. The highest BCUT2D eigenvalue weighted by atomic mass is 16.5. The second-order valence-electron chi connectivity index (χ2n) is 8.62. The molecule has 0 N–H and O–H groups in total. The number of rotatable bonds is 7. The molecule has 0 aromatic heterocycles. The number of amides is 1. The molecule has 5 heteroatoms.